The lowest BCUT2D eigenvalue weighted by Gasteiger charge is -2.29. The Balaban J connectivity index is 2.17. The van der Waals surface area contributed by atoms with Crippen molar-refractivity contribution in [3.05, 3.63) is 59.7 Å². The van der Waals surface area contributed by atoms with Crippen molar-refractivity contribution >= 4 is 27.5 Å². The van der Waals surface area contributed by atoms with Crippen molar-refractivity contribution in [1.29, 1.82) is 0 Å². The summed E-state index contributed by atoms with van der Waals surface area (Å²) in [5.41, 5.74) is 2.45. The molecular formula is C25H35N3O5S. The Kier molecular flexibility index (Phi) is 9.92. The largest absolute Gasteiger partial charge is 0.495 e. The van der Waals surface area contributed by atoms with E-state index in [0.29, 0.717) is 24.5 Å². The first-order valence-corrected chi connectivity index (χ1v) is 13.2. The van der Waals surface area contributed by atoms with E-state index in [2.05, 4.69) is 5.32 Å². The van der Waals surface area contributed by atoms with Gasteiger partial charge in [0.05, 0.1) is 19.1 Å². The van der Waals surface area contributed by atoms with Crippen molar-refractivity contribution in [2.75, 3.05) is 30.8 Å². The standard InChI is InChI=1S/C25H35N3O5S/c1-6-26-25(30)20(3)27(18-21-15-13-19(2)14-16-21)24(29)12-9-17-28(34(5,31)32)22-10-7-8-11-23(22)33-4/h7-8,10-11,13-16,20H,6,9,12,17-18H2,1-5H3,(H,26,30)/t20-/m1/s1. The number of carbonyl (C=O) groups is 2. The van der Waals surface area contributed by atoms with Crippen molar-refractivity contribution in [1.82, 2.24) is 10.2 Å². The zero-order valence-corrected chi connectivity index (χ0v) is 21.4. The van der Waals surface area contributed by atoms with Gasteiger partial charge in [0.25, 0.3) is 0 Å². The zero-order chi connectivity index (χ0) is 25.3. The van der Waals surface area contributed by atoms with Crippen molar-refractivity contribution in [3.63, 3.8) is 0 Å². The number of rotatable bonds is 12. The lowest BCUT2D eigenvalue weighted by atomic mass is 10.1. The number of amides is 2. The number of anilines is 1. The number of para-hydroxylation sites is 2. The second-order valence-corrected chi connectivity index (χ2v) is 10.1. The monoisotopic (exact) mass is 489 g/mol. The number of methoxy groups -OCH3 is 1. The molecule has 8 nitrogen and oxygen atoms in total. The zero-order valence-electron chi connectivity index (χ0n) is 20.6. The van der Waals surface area contributed by atoms with Gasteiger partial charge in [-0.05, 0) is 44.9 Å². The normalized spacial score (nSPS) is 12.0. The van der Waals surface area contributed by atoms with Crippen LogP contribution < -0.4 is 14.4 Å². The molecule has 0 saturated heterocycles. The molecule has 0 spiro atoms. The molecule has 34 heavy (non-hydrogen) atoms. The molecule has 2 aromatic carbocycles. The van der Waals surface area contributed by atoms with E-state index in [-0.39, 0.29) is 31.2 Å². The summed E-state index contributed by atoms with van der Waals surface area (Å²) >= 11 is 0. The Morgan fingerprint density at radius 2 is 1.74 bits per heavy atom. The molecule has 0 fully saturated rings. The fourth-order valence-electron chi connectivity index (χ4n) is 3.61. The lowest BCUT2D eigenvalue weighted by molar-refractivity contribution is -0.140. The van der Waals surface area contributed by atoms with Gasteiger partial charge in [-0.2, -0.15) is 0 Å². The Morgan fingerprint density at radius 3 is 2.32 bits per heavy atom. The van der Waals surface area contributed by atoms with Crippen LogP contribution in [0.3, 0.4) is 0 Å². The van der Waals surface area contributed by atoms with Gasteiger partial charge in [-0.3, -0.25) is 13.9 Å². The van der Waals surface area contributed by atoms with Gasteiger partial charge in [0.2, 0.25) is 21.8 Å². The average molecular weight is 490 g/mol. The third kappa shape index (κ3) is 7.48. The predicted octanol–water partition coefficient (Wildman–Crippen LogP) is 3.10. The first kappa shape index (κ1) is 27.2. The van der Waals surface area contributed by atoms with Gasteiger partial charge in [0.15, 0.2) is 0 Å². The molecule has 186 valence electrons. The SMILES string of the molecule is CCNC(=O)[C@@H](C)N(Cc1ccc(C)cc1)C(=O)CCCN(c1ccccc1OC)S(C)(=O)=O. The number of nitrogens with zero attached hydrogens (tertiary/aromatic N) is 2. The summed E-state index contributed by atoms with van der Waals surface area (Å²) in [5.74, 6) is -0.00680. The molecule has 0 radical (unpaired) electrons. The molecule has 0 aliphatic heterocycles. The number of hydrogen-bond donors (Lipinski definition) is 1. The molecule has 0 aliphatic carbocycles. The van der Waals surface area contributed by atoms with E-state index < -0.39 is 16.1 Å². The molecule has 1 atom stereocenters. The molecule has 0 unspecified atom stereocenters. The van der Waals surface area contributed by atoms with Crippen molar-refractivity contribution in [2.45, 2.75) is 46.2 Å². The van der Waals surface area contributed by atoms with Crippen LogP contribution in [0.5, 0.6) is 5.75 Å². The van der Waals surface area contributed by atoms with E-state index in [1.54, 1.807) is 36.1 Å². The molecule has 9 heteroatoms. The highest BCUT2D eigenvalue weighted by atomic mass is 32.2. The first-order chi connectivity index (χ1) is 16.1. The fraction of sp³-hybridized carbons (Fsp3) is 0.440. The van der Waals surface area contributed by atoms with E-state index in [9.17, 15) is 18.0 Å². The van der Waals surface area contributed by atoms with Crippen LogP contribution in [0.1, 0.15) is 37.8 Å². The molecule has 2 amide bonds. The Bertz CT molecular complexity index is 1070. The molecular weight excluding hydrogens is 454 g/mol. The molecule has 0 aromatic heterocycles. The van der Waals surface area contributed by atoms with E-state index in [0.717, 1.165) is 17.4 Å². The minimum Gasteiger partial charge on any atom is -0.495 e. The summed E-state index contributed by atoms with van der Waals surface area (Å²) in [6.07, 6.45) is 1.51. The van der Waals surface area contributed by atoms with E-state index in [1.165, 1.54) is 11.4 Å². The smallest absolute Gasteiger partial charge is 0.242 e. The Hall–Kier alpha value is -3.07. The van der Waals surface area contributed by atoms with E-state index in [1.807, 2.05) is 38.1 Å². The van der Waals surface area contributed by atoms with Crippen LogP contribution >= 0.6 is 0 Å². The molecule has 2 rings (SSSR count). The van der Waals surface area contributed by atoms with Crippen LogP contribution in [-0.2, 0) is 26.2 Å². The Labute approximate surface area is 202 Å². The first-order valence-electron chi connectivity index (χ1n) is 11.3. The number of ether oxygens (including phenoxy) is 1. The fourth-order valence-corrected chi connectivity index (χ4v) is 4.58. The second-order valence-electron chi connectivity index (χ2n) is 8.19. The minimum absolute atomic E-state index is 0.0940. The quantitative estimate of drug-likeness (QED) is 0.494. The Morgan fingerprint density at radius 1 is 1.09 bits per heavy atom. The summed E-state index contributed by atoms with van der Waals surface area (Å²) < 4.78 is 31.5. The number of sulfonamides is 1. The number of aryl methyl sites for hydroxylation is 1. The highest BCUT2D eigenvalue weighted by Gasteiger charge is 2.26. The van der Waals surface area contributed by atoms with Crippen molar-refractivity contribution in [2.24, 2.45) is 0 Å². The maximum Gasteiger partial charge on any atom is 0.242 e. The maximum atomic E-state index is 13.2. The topological polar surface area (TPSA) is 96.0 Å². The molecule has 0 saturated carbocycles. The minimum atomic E-state index is -3.59. The lowest BCUT2D eigenvalue weighted by Crippen LogP contribution is -2.47. The summed E-state index contributed by atoms with van der Waals surface area (Å²) in [4.78, 5) is 27.2. The van der Waals surface area contributed by atoms with Gasteiger partial charge in [-0.15, -0.1) is 0 Å². The third-order valence-electron chi connectivity index (χ3n) is 5.50. The van der Waals surface area contributed by atoms with Crippen molar-refractivity contribution < 1.29 is 22.7 Å². The maximum absolute atomic E-state index is 13.2. The molecule has 0 heterocycles. The van der Waals surface area contributed by atoms with Crippen molar-refractivity contribution in [3.8, 4) is 5.75 Å². The van der Waals surface area contributed by atoms with Crippen LogP contribution in [0.15, 0.2) is 48.5 Å². The van der Waals surface area contributed by atoms with Gasteiger partial charge in [-0.25, -0.2) is 8.42 Å². The van der Waals surface area contributed by atoms with Gasteiger partial charge in [-0.1, -0.05) is 42.0 Å². The molecule has 2 aromatic rings. The molecule has 1 N–H and O–H groups in total. The second kappa shape index (κ2) is 12.4. The highest BCUT2D eigenvalue weighted by Crippen LogP contribution is 2.29. The number of nitrogens with one attached hydrogen (secondary N) is 1. The van der Waals surface area contributed by atoms with Gasteiger partial charge >= 0.3 is 0 Å². The third-order valence-corrected chi connectivity index (χ3v) is 6.68. The molecule has 0 bridgehead atoms. The predicted molar refractivity (Wildman–Crippen MR) is 134 cm³/mol. The van der Waals surface area contributed by atoms with Crippen LogP contribution in [0.2, 0.25) is 0 Å². The number of carbonyl (C=O) groups excluding carboxylic acids is 2. The van der Waals surface area contributed by atoms with E-state index in [4.69, 9.17) is 4.74 Å². The van der Waals surface area contributed by atoms with Gasteiger partial charge in [0, 0.05) is 26.1 Å². The number of likely N-dealkylation sites (N-methyl/N-ethyl adjacent to an activating group) is 1. The summed E-state index contributed by atoms with van der Waals surface area (Å²) in [5, 5.41) is 2.77. The number of benzene rings is 2. The van der Waals surface area contributed by atoms with Crippen LogP contribution in [0.4, 0.5) is 5.69 Å². The van der Waals surface area contributed by atoms with Gasteiger partial charge in [0.1, 0.15) is 11.8 Å². The van der Waals surface area contributed by atoms with E-state index >= 15 is 0 Å². The summed E-state index contributed by atoms with van der Waals surface area (Å²) in [6, 6.07) is 14.0. The van der Waals surface area contributed by atoms with Gasteiger partial charge < -0.3 is 15.0 Å². The highest BCUT2D eigenvalue weighted by molar-refractivity contribution is 7.92. The van der Waals surface area contributed by atoms with Crippen LogP contribution in [-0.4, -0.2) is 57.6 Å². The van der Waals surface area contributed by atoms with Crippen LogP contribution in [0, 0.1) is 6.92 Å². The van der Waals surface area contributed by atoms with Crippen LogP contribution in [0.25, 0.3) is 0 Å². The summed E-state index contributed by atoms with van der Waals surface area (Å²) in [7, 11) is -2.11. The molecule has 0 aliphatic rings. The average Bonchev–Trinajstić information content (AvgIpc) is 2.80. The number of hydrogen-bond acceptors (Lipinski definition) is 5. The summed E-state index contributed by atoms with van der Waals surface area (Å²) in [6.45, 7) is 6.39.